The number of imide groups is 1. The van der Waals surface area contributed by atoms with Crippen LogP contribution in [0.25, 0.3) is 0 Å². The van der Waals surface area contributed by atoms with E-state index in [-0.39, 0.29) is 29.9 Å². The van der Waals surface area contributed by atoms with Crippen molar-refractivity contribution in [2.45, 2.75) is 94.7 Å². The molecule has 7 rings (SSSR count). The number of benzene rings is 2. The fourth-order valence-corrected chi connectivity index (χ4v) is 8.55. The SMILES string of the molecule is CN1CCN(c2ccc(C3CCC(=O)NC3=O)c(F)c2)CC1.Cc1cc(SNC2CCCCC2)ccc1Nc1ncc(C(F)(F)F)c(N2CCCC(C)C2)n1. The minimum Gasteiger partial charge on any atom is -0.369 e. The molecule has 1 saturated carbocycles. The molecule has 298 valence electrons. The van der Waals surface area contributed by atoms with Crippen LogP contribution in [0.1, 0.15) is 87.3 Å². The summed E-state index contributed by atoms with van der Waals surface area (Å²) in [6, 6.07) is 11.6. The fraction of sp³-hybridized carbons (Fsp3) is 0.550. The van der Waals surface area contributed by atoms with Crippen LogP contribution in [0.3, 0.4) is 0 Å². The summed E-state index contributed by atoms with van der Waals surface area (Å²) >= 11 is 1.64. The van der Waals surface area contributed by atoms with Gasteiger partial charge in [-0.15, -0.1) is 0 Å². The molecule has 2 atom stereocenters. The van der Waals surface area contributed by atoms with Crippen molar-refractivity contribution in [2.24, 2.45) is 5.92 Å². The predicted octanol–water partition coefficient (Wildman–Crippen LogP) is 7.81. The number of rotatable bonds is 8. The van der Waals surface area contributed by atoms with Gasteiger partial charge >= 0.3 is 6.18 Å². The first-order valence-electron chi connectivity index (χ1n) is 19.4. The van der Waals surface area contributed by atoms with E-state index in [0.29, 0.717) is 37.0 Å². The number of likely N-dealkylation sites (N-methyl/N-ethyl adjacent to an activating group) is 1. The normalized spacial score (nSPS) is 21.5. The number of nitrogens with zero attached hydrogens (tertiary/aromatic N) is 5. The number of anilines is 4. The molecule has 4 aliphatic rings. The molecule has 0 radical (unpaired) electrons. The molecule has 15 heteroatoms. The number of amides is 2. The van der Waals surface area contributed by atoms with Crippen LogP contribution in [0.15, 0.2) is 47.5 Å². The number of halogens is 4. The van der Waals surface area contributed by atoms with E-state index in [2.05, 4.69) is 55.2 Å². The van der Waals surface area contributed by atoms with Crippen LogP contribution in [0.4, 0.5) is 40.7 Å². The molecule has 2 unspecified atom stereocenters. The second-order valence-electron chi connectivity index (χ2n) is 15.3. The molecule has 4 heterocycles. The molecule has 1 aromatic heterocycles. The highest BCUT2D eigenvalue weighted by Crippen LogP contribution is 2.38. The highest BCUT2D eigenvalue weighted by molar-refractivity contribution is 7.97. The molecule has 55 heavy (non-hydrogen) atoms. The minimum atomic E-state index is -4.49. The van der Waals surface area contributed by atoms with Crippen molar-refractivity contribution in [3.8, 4) is 0 Å². The Labute approximate surface area is 325 Å². The number of nitrogens with one attached hydrogen (secondary N) is 3. The van der Waals surface area contributed by atoms with Gasteiger partial charge in [0.25, 0.3) is 0 Å². The Kier molecular flexibility index (Phi) is 13.6. The zero-order valence-electron chi connectivity index (χ0n) is 31.9. The summed E-state index contributed by atoms with van der Waals surface area (Å²) in [4.78, 5) is 38.6. The molecule has 3 saturated heterocycles. The highest BCUT2D eigenvalue weighted by atomic mass is 32.2. The van der Waals surface area contributed by atoms with Crippen LogP contribution < -0.4 is 25.2 Å². The van der Waals surface area contributed by atoms with Crippen LogP contribution >= 0.6 is 11.9 Å². The molecular weight excluding hydrogens is 733 g/mol. The zero-order valence-corrected chi connectivity index (χ0v) is 32.7. The van der Waals surface area contributed by atoms with Gasteiger partial charge in [0.2, 0.25) is 17.8 Å². The number of alkyl halides is 3. The lowest BCUT2D eigenvalue weighted by Gasteiger charge is -2.34. The predicted molar refractivity (Wildman–Crippen MR) is 209 cm³/mol. The maximum Gasteiger partial charge on any atom is 0.421 e. The summed E-state index contributed by atoms with van der Waals surface area (Å²) in [5.41, 5.74) is 2.22. The Morgan fingerprint density at radius 1 is 0.909 bits per heavy atom. The van der Waals surface area contributed by atoms with E-state index >= 15 is 0 Å². The Morgan fingerprint density at radius 2 is 1.67 bits per heavy atom. The lowest BCUT2D eigenvalue weighted by molar-refractivity contribution is -0.138. The molecule has 4 fully saturated rings. The molecule has 3 N–H and O–H groups in total. The summed E-state index contributed by atoms with van der Waals surface area (Å²) in [6.07, 6.45) is 5.25. The molecule has 3 aromatic rings. The van der Waals surface area contributed by atoms with E-state index in [1.165, 1.54) is 38.2 Å². The van der Waals surface area contributed by atoms with E-state index < -0.39 is 23.6 Å². The van der Waals surface area contributed by atoms with Crippen LogP contribution in [-0.2, 0) is 15.8 Å². The standard InChI is InChI=1S/C24H32F3N5S.C16H20FN3O2/c1-16-7-6-12-32(15-16)22-20(24(25,26)27)14-28-23(30-22)29-21-11-10-19(13-17(21)2)33-31-18-8-4-3-5-9-18;1-19-6-8-20(9-7-19)11-2-3-12(14(17)10-11)13-4-5-15(21)18-16(13)22/h10-11,13-14,16,18,31H,3-9,12,15H2,1-2H3,(H,28,29,30);2-3,10,13H,4-9H2,1H3,(H,18,21,22). The third-order valence-electron chi connectivity index (χ3n) is 10.9. The Bertz CT molecular complexity index is 1800. The van der Waals surface area contributed by atoms with Crippen molar-refractivity contribution >= 4 is 46.9 Å². The van der Waals surface area contributed by atoms with Gasteiger partial charge in [0.1, 0.15) is 17.2 Å². The summed E-state index contributed by atoms with van der Waals surface area (Å²) in [7, 11) is 2.07. The van der Waals surface area contributed by atoms with Gasteiger partial charge < -0.3 is 20.0 Å². The van der Waals surface area contributed by atoms with Crippen LogP contribution in [0, 0.1) is 18.7 Å². The fourth-order valence-electron chi connectivity index (χ4n) is 7.64. The summed E-state index contributed by atoms with van der Waals surface area (Å²) < 4.78 is 58.9. The monoisotopic (exact) mass is 784 g/mol. The zero-order chi connectivity index (χ0) is 39.1. The summed E-state index contributed by atoms with van der Waals surface area (Å²) in [6.45, 7) is 8.83. The molecule has 10 nitrogen and oxygen atoms in total. The van der Waals surface area contributed by atoms with Gasteiger partial charge in [-0.2, -0.15) is 18.2 Å². The van der Waals surface area contributed by atoms with E-state index in [1.807, 2.05) is 25.1 Å². The number of hydrogen-bond acceptors (Lipinski definition) is 10. The van der Waals surface area contributed by atoms with Crippen molar-refractivity contribution in [1.82, 2.24) is 24.9 Å². The summed E-state index contributed by atoms with van der Waals surface area (Å²) in [5.74, 6) is -1.14. The number of aryl methyl sites for hydroxylation is 1. The van der Waals surface area contributed by atoms with Crippen molar-refractivity contribution in [3.63, 3.8) is 0 Å². The maximum atomic E-state index is 14.4. The van der Waals surface area contributed by atoms with E-state index in [4.69, 9.17) is 0 Å². The summed E-state index contributed by atoms with van der Waals surface area (Å²) in [5, 5.41) is 5.41. The van der Waals surface area contributed by atoms with Crippen molar-refractivity contribution < 1.29 is 27.2 Å². The number of piperazine rings is 1. The number of piperidine rings is 2. The Hall–Kier alpha value is -3.95. The Morgan fingerprint density at radius 3 is 2.35 bits per heavy atom. The van der Waals surface area contributed by atoms with E-state index in [1.54, 1.807) is 22.9 Å². The third kappa shape index (κ3) is 10.9. The topological polar surface area (TPSA) is 106 Å². The van der Waals surface area contributed by atoms with Crippen molar-refractivity contribution in [2.75, 3.05) is 61.4 Å². The van der Waals surface area contributed by atoms with Gasteiger partial charge in [-0.05, 0) is 99.8 Å². The number of carbonyl (C=O) groups is 2. The van der Waals surface area contributed by atoms with E-state index in [9.17, 15) is 27.2 Å². The van der Waals surface area contributed by atoms with Crippen LogP contribution in [-0.4, -0.2) is 79.0 Å². The van der Waals surface area contributed by atoms with Crippen molar-refractivity contribution in [1.29, 1.82) is 0 Å². The molecule has 0 spiro atoms. The van der Waals surface area contributed by atoms with Crippen molar-refractivity contribution in [3.05, 3.63) is 65.1 Å². The number of aromatic nitrogens is 2. The average molecular weight is 785 g/mol. The van der Waals surface area contributed by atoms with Gasteiger partial charge in [0.15, 0.2) is 0 Å². The largest absolute Gasteiger partial charge is 0.421 e. The minimum absolute atomic E-state index is 0.0342. The lowest BCUT2D eigenvalue weighted by Crippen LogP contribution is -2.44. The second kappa shape index (κ2) is 18.3. The maximum absolute atomic E-state index is 14.4. The second-order valence-corrected chi connectivity index (χ2v) is 16.2. The Balaban J connectivity index is 0.000000203. The molecule has 1 aliphatic carbocycles. The quantitative estimate of drug-likeness (QED) is 0.119. The first kappa shape index (κ1) is 40.7. The average Bonchev–Trinajstić information content (AvgIpc) is 3.16. The van der Waals surface area contributed by atoms with Gasteiger partial charge in [-0.3, -0.25) is 19.6 Å². The number of carbonyl (C=O) groups excluding carboxylic acids is 2. The highest BCUT2D eigenvalue weighted by Gasteiger charge is 2.38. The molecule has 2 aromatic carbocycles. The molecule has 2 amide bonds. The van der Waals surface area contributed by atoms with Gasteiger partial charge in [-0.25, -0.2) is 9.37 Å². The first-order valence-corrected chi connectivity index (χ1v) is 20.2. The van der Waals surface area contributed by atoms with Crippen LogP contribution in [0.2, 0.25) is 0 Å². The third-order valence-corrected chi connectivity index (χ3v) is 11.8. The van der Waals surface area contributed by atoms with Crippen LogP contribution in [0.5, 0.6) is 0 Å². The van der Waals surface area contributed by atoms with E-state index in [0.717, 1.165) is 67.1 Å². The molecule has 0 bridgehead atoms. The number of hydrogen-bond donors (Lipinski definition) is 3. The van der Waals surface area contributed by atoms with Gasteiger partial charge in [0, 0.05) is 79.8 Å². The van der Waals surface area contributed by atoms with Gasteiger partial charge in [0.05, 0.1) is 5.92 Å². The lowest BCUT2D eigenvalue weighted by atomic mass is 9.90. The first-order chi connectivity index (χ1) is 26.3. The molecule has 3 aliphatic heterocycles. The smallest absolute Gasteiger partial charge is 0.369 e. The van der Waals surface area contributed by atoms with Gasteiger partial charge in [-0.1, -0.05) is 32.3 Å². The molecular formula is C40H52F4N8O2S.